The van der Waals surface area contributed by atoms with Gasteiger partial charge in [-0.2, -0.15) is 0 Å². The lowest BCUT2D eigenvalue weighted by Crippen LogP contribution is -2.66. The molecule has 0 aromatic rings. The monoisotopic (exact) mass is 1220 g/mol. The molecule has 0 aromatic heterocycles. The van der Waals surface area contributed by atoms with Crippen LogP contribution in [-0.2, 0) is 33.2 Å². The Morgan fingerprint density at radius 3 is 1.26 bits per heavy atom. The van der Waals surface area contributed by atoms with E-state index in [1.165, 1.54) is 0 Å². The number of hydrogen-bond donors (Lipinski definition) is 12. The van der Waals surface area contributed by atoms with Crippen LogP contribution < -0.4 is 5.32 Å². The van der Waals surface area contributed by atoms with Gasteiger partial charge in [-0.1, -0.05) is 194 Å². The Hall–Kier alpha value is -3.55. The van der Waals surface area contributed by atoms with Crippen LogP contribution in [0.2, 0.25) is 0 Å². The van der Waals surface area contributed by atoms with Gasteiger partial charge in [0.1, 0.15) is 73.2 Å². The minimum atomic E-state index is -1.98. The molecule has 86 heavy (non-hydrogen) atoms. The number of nitrogens with one attached hydrogen (secondary N) is 1. The number of amides is 1. The van der Waals surface area contributed by atoms with Gasteiger partial charge in [-0.25, -0.2) is 0 Å². The van der Waals surface area contributed by atoms with Gasteiger partial charge in [0.05, 0.1) is 38.6 Å². The van der Waals surface area contributed by atoms with Crippen molar-refractivity contribution in [2.45, 2.75) is 279 Å². The van der Waals surface area contributed by atoms with Crippen LogP contribution in [0.5, 0.6) is 0 Å². The minimum absolute atomic E-state index is 0.245. The lowest BCUT2D eigenvalue weighted by molar-refractivity contribution is -0.379. The topological polar surface area (TPSA) is 307 Å². The summed E-state index contributed by atoms with van der Waals surface area (Å²) in [5.74, 6) is -0.266. The second-order valence-electron chi connectivity index (χ2n) is 22.5. The van der Waals surface area contributed by atoms with Crippen molar-refractivity contribution < 1.29 is 89.4 Å². The van der Waals surface area contributed by atoms with Gasteiger partial charge in [0.15, 0.2) is 18.9 Å². The number of hydrogen-bond acceptors (Lipinski definition) is 18. The summed E-state index contributed by atoms with van der Waals surface area (Å²) in [5, 5.41) is 120. The molecule has 17 unspecified atom stereocenters. The summed E-state index contributed by atoms with van der Waals surface area (Å²) in [6, 6.07) is -0.897. The fourth-order valence-corrected chi connectivity index (χ4v) is 10.1. The number of ether oxygens (including phenoxy) is 6. The molecule has 0 saturated carbocycles. The van der Waals surface area contributed by atoms with E-state index in [1.54, 1.807) is 0 Å². The first-order valence-electron chi connectivity index (χ1n) is 32.1. The van der Waals surface area contributed by atoms with Crippen molar-refractivity contribution in [1.82, 2.24) is 5.32 Å². The summed E-state index contributed by atoms with van der Waals surface area (Å²) in [4.78, 5) is 13.3. The van der Waals surface area contributed by atoms with Gasteiger partial charge in [-0.15, -0.1) is 0 Å². The van der Waals surface area contributed by atoms with Crippen LogP contribution in [0.15, 0.2) is 109 Å². The van der Waals surface area contributed by atoms with Crippen LogP contribution >= 0.6 is 0 Å². The largest absolute Gasteiger partial charge is 0.394 e. The van der Waals surface area contributed by atoms with Crippen LogP contribution in [0.3, 0.4) is 0 Å². The molecule has 492 valence electrons. The highest BCUT2D eigenvalue weighted by atomic mass is 16.8. The third-order valence-electron chi connectivity index (χ3n) is 15.4. The van der Waals surface area contributed by atoms with Gasteiger partial charge < -0.3 is 89.9 Å². The van der Waals surface area contributed by atoms with Crippen molar-refractivity contribution in [3.8, 4) is 0 Å². The SMILES string of the molecule is CC/C=C\C/C=C\C/C=C\C/C=C\C/C=C\C/C=C\C/C=C\C/C=C\C/C=C\CCCCCCCCCC(=O)NC(COC1OC(CO)C(OC2OC(CO)C(OC3OC(CO)C(O)C(O)C3O)C(O)C2O)C(O)C1O)C(O)CCCCCCCC. The van der Waals surface area contributed by atoms with Crippen molar-refractivity contribution in [3.63, 3.8) is 0 Å². The maximum atomic E-state index is 13.3. The number of rotatable bonds is 46. The molecule has 0 aromatic carbocycles. The molecule has 3 rings (SSSR count). The predicted molar refractivity (Wildman–Crippen MR) is 332 cm³/mol. The highest BCUT2D eigenvalue weighted by molar-refractivity contribution is 5.76. The van der Waals surface area contributed by atoms with E-state index in [2.05, 4.69) is 129 Å². The molecular weight excluding hydrogens is 1110 g/mol. The average Bonchev–Trinajstić information content (AvgIpc) is 2.46. The first-order valence-corrected chi connectivity index (χ1v) is 32.1. The molecule has 19 nitrogen and oxygen atoms in total. The van der Waals surface area contributed by atoms with Crippen molar-refractivity contribution >= 4 is 5.91 Å². The van der Waals surface area contributed by atoms with Crippen molar-refractivity contribution in [1.29, 1.82) is 0 Å². The number of aliphatic hydroxyl groups excluding tert-OH is 11. The zero-order valence-corrected chi connectivity index (χ0v) is 51.5. The van der Waals surface area contributed by atoms with E-state index in [0.717, 1.165) is 135 Å². The first-order chi connectivity index (χ1) is 41.8. The summed E-state index contributed by atoms with van der Waals surface area (Å²) < 4.78 is 34.2. The van der Waals surface area contributed by atoms with Gasteiger partial charge in [0.25, 0.3) is 0 Å². The predicted octanol–water partition coefficient (Wildman–Crippen LogP) is 7.10. The van der Waals surface area contributed by atoms with Gasteiger partial charge in [-0.05, 0) is 83.5 Å². The van der Waals surface area contributed by atoms with Crippen LogP contribution in [-0.4, -0.2) is 193 Å². The Kier molecular flexibility index (Phi) is 43.1. The summed E-state index contributed by atoms with van der Waals surface area (Å²) in [5.41, 5.74) is 0. The van der Waals surface area contributed by atoms with Crippen LogP contribution in [0.4, 0.5) is 0 Å². The lowest BCUT2D eigenvalue weighted by atomic mass is 9.96. The molecule has 0 radical (unpaired) electrons. The summed E-state index contributed by atoms with van der Waals surface area (Å²) in [7, 11) is 0. The molecule has 1 amide bonds. The molecule has 3 fully saturated rings. The van der Waals surface area contributed by atoms with Crippen molar-refractivity contribution in [3.05, 3.63) is 109 Å². The van der Waals surface area contributed by atoms with Crippen molar-refractivity contribution in [2.24, 2.45) is 0 Å². The fourth-order valence-electron chi connectivity index (χ4n) is 10.1. The molecule has 3 saturated heterocycles. The van der Waals surface area contributed by atoms with E-state index in [-0.39, 0.29) is 18.9 Å². The van der Waals surface area contributed by atoms with Gasteiger partial charge >= 0.3 is 0 Å². The molecule has 0 bridgehead atoms. The maximum absolute atomic E-state index is 13.3. The molecule has 0 aliphatic carbocycles. The highest BCUT2D eigenvalue weighted by Crippen LogP contribution is 2.33. The molecule has 3 aliphatic heterocycles. The molecule has 3 heterocycles. The number of allylic oxidation sites excluding steroid dienone is 18. The minimum Gasteiger partial charge on any atom is -0.394 e. The molecule has 19 heteroatoms. The molecule has 3 aliphatic rings. The molecule has 12 N–H and O–H groups in total. The third kappa shape index (κ3) is 30.8. The van der Waals surface area contributed by atoms with Crippen molar-refractivity contribution in [2.75, 3.05) is 26.4 Å². The Labute approximate surface area is 513 Å². The van der Waals surface area contributed by atoms with Gasteiger partial charge in [0.2, 0.25) is 5.91 Å². The van der Waals surface area contributed by atoms with Crippen LogP contribution in [0.1, 0.15) is 174 Å². The zero-order chi connectivity index (χ0) is 62.6. The third-order valence-corrected chi connectivity index (χ3v) is 15.4. The summed E-state index contributed by atoms with van der Waals surface area (Å²) in [6.45, 7) is 1.55. The Balaban J connectivity index is 1.32. The molecular formula is C67H111NO18. The highest BCUT2D eigenvalue weighted by Gasteiger charge is 2.53. The normalized spacial score (nSPS) is 29.5. The van der Waals surface area contributed by atoms with E-state index in [1.807, 2.05) is 0 Å². The number of unbranched alkanes of at least 4 members (excludes halogenated alkanes) is 12. The number of aliphatic hydroxyl groups is 11. The van der Waals surface area contributed by atoms with E-state index in [0.29, 0.717) is 19.3 Å². The van der Waals surface area contributed by atoms with Crippen LogP contribution in [0, 0.1) is 0 Å². The smallest absolute Gasteiger partial charge is 0.220 e. The van der Waals surface area contributed by atoms with E-state index >= 15 is 0 Å². The van der Waals surface area contributed by atoms with Gasteiger partial charge in [-0.3, -0.25) is 4.79 Å². The maximum Gasteiger partial charge on any atom is 0.220 e. The number of carbonyl (C=O) groups is 1. The van der Waals surface area contributed by atoms with E-state index in [4.69, 9.17) is 28.4 Å². The Morgan fingerprint density at radius 2 is 0.802 bits per heavy atom. The Bertz CT molecular complexity index is 1990. The summed E-state index contributed by atoms with van der Waals surface area (Å²) >= 11 is 0. The lowest BCUT2D eigenvalue weighted by Gasteiger charge is -2.48. The van der Waals surface area contributed by atoms with E-state index < -0.39 is 124 Å². The Morgan fingerprint density at radius 1 is 0.430 bits per heavy atom. The van der Waals surface area contributed by atoms with Crippen LogP contribution in [0.25, 0.3) is 0 Å². The first kappa shape index (κ1) is 76.7. The second kappa shape index (κ2) is 48.3. The standard InChI is InChI=1S/C67H111NO18/c1-3-5-7-9-11-12-13-14-15-16-17-18-19-20-21-22-23-24-25-26-27-28-29-30-31-32-33-34-35-36-37-38-39-41-43-45-55(73)68-50(51(72)44-42-40-10-8-6-4-2)49-81-65-61(79)58(76)63(53(47-70)83-65)86-67-62(80)59(77)64(54(48-71)84-67)85-66-60(78)57(75)56(74)52(46-69)82-66/h5,7,11-12,14-15,17-18,20-21,23-24,26-27,29-30,32-33,50-54,56-67,69-72,74-80H,3-4,6,8-10,13,16,19,22,25,28,31,34-49H2,1-2H3,(H,68,73)/b7-5-,12-11-,15-14-,18-17-,21-20-,24-23-,27-26-,30-29-,33-32-. The number of carbonyl (C=O) groups excluding carboxylic acids is 1. The van der Waals surface area contributed by atoms with E-state index in [9.17, 15) is 61.0 Å². The zero-order valence-electron chi connectivity index (χ0n) is 51.5. The van der Waals surface area contributed by atoms with Gasteiger partial charge in [0, 0.05) is 6.42 Å². The molecule has 0 spiro atoms. The quantitative estimate of drug-likeness (QED) is 0.0214. The fraction of sp³-hybridized carbons (Fsp3) is 0.716. The second-order valence-corrected chi connectivity index (χ2v) is 22.5. The summed E-state index contributed by atoms with van der Waals surface area (Å²) in [6.07, 6.45) is 36.7. The average molecular weight is 1220 g/mol. The molecule has 17 atom stereocenters.